The van der Waals surface area contributed by atoms with Crippen LogP contribution in [0.3, 0.4) is 0 Å². The van der Waals surface area contributed by atoms with Crippen LogP contribution in [0.2, 0.25) is 0 Å². The first-order valence-electron chi connectivity index (χ1n) is 9.56. The van der Waals surface area contributed by atoms with Gasteiger partial charge in [-0.2, -0.15) is 4.31 Å². The molecule has 0 saturated heterocycles. The third kappa shape index (κ3) is 6.02. The molecule has 7 nitrogen and oxygen atoms in total. The Hall–Kier alpha value is -1.94. The van der Waals surface area contributed by atoms with Crippen molar-refractivity contribution in [3.05, 3.63) is 54.1 Å². The summed E-state index contributed by atoms with van der Waals surface area (Å²) >= 11 is 0. The fourth-order valence-electron chi connectivity index (χ4n) is 2.84. The summed E-state index contributed by atoms with van der Waals surface area (Å²) in [6.45, 7) is 6.99. The van der Waals surface area contributed by atoms with Crippen LogP contribution in [-0.2, 0) is 26.5 Å². The van der Waals surface area contributed by atoms with E-state index < -0.39 is 20.0 Å². The molecule has 0 amide bonds. The number of benzene rings is 2. The standard InChI is InChI=1S/C20H28N2O5S2/c1-4-22(5-2)29(25,26)20-11-7-17(8-12-20)15-16-21-28(23,24)19-13-9-18(10-14-19)27-6-3/h7-14,21H,4-6,15-16H2,1-3H3. The minimum Gasteiger partial charge on any atom is -0.494 e. The average molecular weight is 441 g/mol. The summed E-state index contributed by atoms with van der Waals surface area (Å²) in [7, 11) is -7.11. The minimum absolute atomic E-state index is 0.168. The summed E-state index contributed by atoms with van der Waals surface area (Å²) in [5.74, 6) is 0.617. The molecule has 0 spiro atoms. The van der Waals surface area contributed by atoms with Gasteiger partial charge in [0.2, 0.25) is 20.0 Å². The number of nitrogens with one attached hydrogen (secondary N) is 1. The summed E-state index contributed by atoms with van der Waals surface area (Å²) in [6.07, 6.45) is 0.446. The maximum atomic E-state index is 12.5. The van der Waals surface area contributed by atoms with E-state index in [1.54, 1.807) is 50.2 Å². The number of nitrogens with zero attached hydrogens (tertiary/aromatic N) is 1. The van der Waals surface area contributed by atoms with Crippen LogP contribution in [-0.4, -0.2) is 47.4 Å². The highest BCUT2D eigenvalue weighted by Crippen LogP contribution is 2.17. The van der Waals surface area contributed by atoms with Crippen molar-refractivity contribution in [3.8, 4) is 5.75 Å². The van der Waals surface area contributed by atoms with Crippen LogP contribution in [0.15, 0.2) is 58.3 Å². The second-order valence-corrected chi connectivity index (χ2v) is 9.99. The molecule has 0 saturated carbocycles. The highest BCUT2D eigenvalue weighted by Gasteiger charge is 2.21. The molecule has 2 rings (SSSR count). The van der Waals surface area contributed by atoms with E-state index in [-0.39, 0.29) is 16.3 Å². The lowest BCUT2D eigenvalue weighted by Gasteiger charge is -2.18. The van der Waals surface area contributed by atoms with Crippen LogP contribution in [0.5, 0.6) is 5.75 Å². The Kier molecular flexibility index (Phi) is 8.21. The van der Waals surface area contributed by atoms with E-state index in [4.69, 9.17) is 4.74 Å². The van der Waals surface area contributed by atoms with Crippen molar-refractivity contribution in [2.45, 2.75) is 37.0 Å². The van der Waals surface area contributed by atoms with Crippen LogP contribution >= 0.6 is 0 Å². The summed E-state index contributed by atoms with van der Waals surface area (Å²) in [6, 6.07) is 12.8. The quantitative estimate of drug-likeness (QED) is 0.580. The zero-order valence-corrected chi connectivity index (χ0v) is 18.6. The zero-order chi connectivity index (χ0) is 21.5. The third-order valence-electron chi connectivity index (χ3n) is 4.42. The number of sulfonamides is 2. The summed E-state index contributed by atoms with van der Waals surface area (Å²) < 4.78 is 59.0. The Balaban J connectivity index is 1.98. The van der Waals surface area contributed by atoms with Crippen molar-refractivity contribution in [1.82, 2.24) is 9.03 Å². The van der Waals surface area contributed by atoms with E-state index in [2.05, 4.69) is 4.72 Å². The monoisotopic (exact) mass is 440 g/mol. The largest absolute Gasteiger partial charge is 0.494 e. The molecule has 29 heavy (non-hydrogen) atoms. The van der Waals surface area contributed by atoms with E-state index in [0.717, 1.165) is 5.56 Å². The van der Waals surface area contributed by atoms with Crippen molar-refractivity contribution in [3.63, 3.8) is 0 Å². The highest BCUT2D eigenvalue weighted by atomic mass is 32.2. The molecule has 0 unspecified atom stereocenters. The van der Waals surface area contributed by atoms with Crippen molar-refractivity contribution < 1.29 is 21.6 Å². The molecule has 0 aliphatic carbocycles. The van der Waals surface area contributed by atoms with Gasteiger partial charge in [0, 0.05) is 19.6 Å². The smallest absolute Gasteiger partial charge is 0.243 e. The molecule has 0 atom stereocenters. The maximum Gasteiger partial charge on any atom is 0.243 e. The van der Waals surface area contributed by atoms with Gasteiger partial charge in [-0.3, -0.25) is 0 Å². The Morgan fingerprint density at radius 2 is 1.38 bits per heavy atom. The second kappa shape index (κ2) is 10.2. The van der Waals surface area contributed by atoms with E-state index >= 15 is 0 Å². The van der Waals surface area contributed by atoms with Gasteiger partial charge in [-0.1, -0.05) is 26.0 Å². The highest BCUT2D eigenvalue weighted by molar-refractivity contribution is 7.89. The normalized spacial score (nSPS) is 12.3. The van der Waals surface area contributed by atoms with Crippen molar-refractivity contribution in [1.29, 1.82) is 0 Å². The van der Waals surface area contributed by atoms with Gasteiger partial charge in [-0.25, -0.2) is 21.6 Å². The molecule has 2 aromatic rings. The first kappa shape index (κ1) is 23.3. The van der Waals surface area contributed by atoms with Gasteiger partial charge in [-0.05, 0) is 55.3 Å². The van der Waals surface area contributed by atoms with Gasteiger partial charge in [0.15, 0.2) is 0 Å². The van der Waals surface area contributed by atoms with Crippen molar-refractivity contribution in [2.75, 3.05) is 26.2 Å². The summed E-state index contributed by atoms with van der Waals surface area (Å²) in [5, 5.41) is 0. The minimum atomic E-state index is -3.62. The van der Waals surface area contributed by atoms with Crippen LogP contribution in [0.25, 0.3) is 0 Å². The fourth-order valence-corrected chi connectivity index (χ4v) is 5.33. The van der Waals surface area contributed by atoms with Gasteiger partial charge < -0.3 is 4.74 Å². The predicted molar refractivity (Wildman–Crippen MR) is 113 cm³/mol. The van der Waals surface area contributed by atoms with E-state index in [0.29, 0.717) is 31.9 Å². The van der Waals surface area contributed by atoms with E-state index in [1.165, 1.54) is 16.4 Å². The second-order valence-electron chi connectivity index (χ2n) is 6.29. The molecule has 0 radical (unpaired) electrons. The molecule has 0 heterocycles. The first-order valence-corrected chi connectivity index (χ1v) is 12.5. The van der Waals surface area contributed by atoms with E-state index in [9.17, 15) is 16.8 Å². The molecule has 160 valence electrons. The van der Waals surface area contributed by atoms with Gasteiger partial charge in [0.05, 0.1) is 16.4 Å². The molecule has 2 aromatic carbocycles. The number of rotatable bonds is 11. The molecule has 0 fully saturated rings. The SMILES string of the molecule is CCOc1ccc(S(=O)(=O)NCCc2ccc(S(=O)(=O)N(CC)CC)cc2)cc1. The van der Waals surface area contributed by atoms with Gasteiger partial charge >= 0.3 is 0 Å². The Bertz CT molecular complexity index is 982. The number of hydrogen-bond donors (Lipinski definition) is 1. The molecule has 0 bridgehead atoms. The molecule has 0 aliphatic rings. The zero-order valence-electron chi connectivity index (χ0n) is 17.0. The number of ether oxygens (including phenoxy) is 1. The number of hydrogen-bond acceptors (Lipinski definition) is 5. The molecular weight excluding hydrogens is 412 g/mol. The fraction of sp³-hybridized carbons (Fsp3) is 0.400. The Morgan fingerprint density at radius 3 is 1.90 bits per heavy atom. The topological polar surface area (TPSA) is 92.8 Å². The lowest BCUT2D eigenvalue weighted by atomic mass is 10.2. The Morgan fingerprint density at radius 1 is 0.828 bits per heavy atom. The Labute approximate surface area is 173 Å². The van der Waals surface area contributed by atoms with Gasteiger partial charge in [-0.15, -0.1) is 0 Å². The lowest BCUT2D eigenvalue weighted by molar-refractivity contribution is 0.340. The van der Waals surface area contributed by atoms with Crippen LogP contribution in [0.1, 0.15) is 26.3 Å². The van der Waals surface area contributed by atoms with Crippen LogP contribution in [0.4, 0.5) is 0 Å². The third-order valence-corrected chi connectivity index (χ3v) is 7.96. The average Bonchev–Trinajstić information content (AvgIpc) is 2.70. The lowest BCUT2D eigenvalue weighted by Crippen LogP contribution is -2.30. The molecule has 0 aromatic heterocycles. The first-order chi connectivity index (χ1) is 13.7. The molecule has 9 heteroatoms. The predicted octanol–water partition coefficient (Wildman–Crippen LogP) is 2.64. The molecule has 1 N–H and O–H groups in total. The van der Waals surface area contributed by atoms with Crippen molar-refractivity contribution >= 4 is 20.0 Å². The van der Waals surface area contributed by atoms with Crippen LogP contribution < -0.4 is 9.46 Å². The molecular formula is C20H28N2O5S2. The van der Waals surface area contributed by atoms with Crippen molar-refractivity contribution in [2.24, 2.45) is 0 Å². The van der Waals surface area contributed by atoms with Crippen LogP contribution in [0, 0.1) is 0 Å². The molecule has 0 aliphatic heterocycles. The summed E-state index contributed by atoms with van der Waals surface area (Å²) in [5.41, 5.74) is 0.845. The van der Waals surface area contributed by atoms with Gasteiger partial charge in [0.1, 0.15) is 5.75 Å². The van der Waals surface area contributed by atoms with E-state index in [1.807, 2.05) is 6.92 Å². The summed E-state index contributed by atoms with van der Waals surface area (Å²) in [4.78, 5) is 0.404. The maximum absolute atomic E-state index is 12.5. The van der Waals surface area contributed by atoms with Gasteiger partial charge in [0.25, 0.3) is 0 Å².